The molecule has 0 unspecified atom stereocenters. The van der Waals surface area contributed by atoms with Crippen molar-refractivity contribution < 1.29 is 9.90 Å². The highest BCUT2D eigenvalue weighted by Gasteiger charge is 2.20. The van der Waals surface area contributed by atoms with E-state index in [-0.39, 0.29) is 12.0 Å². The molecule has 2 atom stereocenters. The van der Waals surface area contributed by atoms with E-state index in [0.29, 0.717) is 18.9 Å². The molecule has 0 bridgehead atoms. The number of amides is 1. The monoisotopic (exact) mass is 339 g/mol. The van der Waals surface area contributed by atoms with Gasteiger partial charge in [-0.2, -0.15) is 0 Å². The molecule has 1 aromatic rings. The van der Waals surface area contributed by atoms with Crippen LogP contribution in [0.3, 0.4) is 0 Å². The molecule has 4 heteroatoms. The third kappa shape index (κ3) is 5.25. The Morgan fingerprint density at radius 2 is 2.05 bits per heavy atom. The molecule has 3 nitrogen and oxygen atoms in total. The number of halogens is 1. The Morgan fingerprint density at radius 1 is 1.30 bits per heavy atom. The third-order valence-electron chi connectivity index (χ3n) is 3.90. The molecule has 1 aliphatic rings. The van der Waals surface area contributed by atoms with Crippen molar-refractivity contribution in [1.82, 2.24) is 5.32 Å². The van der Waals surface area contributed by atoms with Gasteiger partial charge in [-0.3, -0.25) is 4.79 Å². The van der Waals surface area contributed by atoms with E-state index in [4.69, 9.17) is 0 Å². The van der Waals surface area contributed by atoms with Gasteiger partial charge >= 0.3 is 0 Å². The molecule has 2 N–H and O–H groups in total. The maximum absolute atomic E-state index is 11.8. The zero-order chi connectivity index (χ0) is 14.4. The maximum atomic E-state index is 11.8. The number of carbonyl (C=O) groups is 1. The van der Waals surface area contributed by atoms with Crippen molar-refractivity contribution in [1.29, 1.82) is 0 Å². The predicted octanol–water partition coefficient (Wildman–Crippen LogP) is 3.05. The van der Waals surface area contributed by atoms with Crippen molar-refractivity contribution in [2.45, 2.75) is 44.6 Å². The smallest absolute Gasteiger partial charge is 0.220 e. The first-order valence-electron chi connectivity index (χ1n) is 7.32. The zero-order valence-electron chi connectivity index (χ0n) is 11.6. The molecule has 1 fully saturated rings. The highest BCUT2D eigenvalue weighted by Crippen LogP contribution is 2.23. The van der Waals surface area contributed by atoms with Crippen LogP contribution in [0.5, 0.6) is 0 Å². The molecule has 0 radical (unpaired) electrons. The van der Waals surface area contributed by atoms with Crippen molar-refractivity contribution in [2.75, 3.05) is 6.54 Å². The second-order valence-electron chi connectivity index (χ2n) is 5.62. The number of hydrogen-bond donors (Lipinski definition) is 2. The van der Waals surface area contributed by atoms with Crippen LogP contribution in [0.2, 0.25) is 0 Å². The summed E-state index contributed by atoms with van der Waals surface area (Å²) in [5, 5.41) is 12.6. The molecular weight excluding hydrogens is 318 g/mol. The van der Waals surface area contributed by atoms with E-state index in [1.54, 1.807) is 0 Å². The van der Waals surface area contributed by atoms with Gasteiger partial charge in [0.1, 0.15) is 0 Å². The number of rotatable bonds is 5. The van der Waals surface area contributed by atoms with E-state index in [1.165, 1.54) is 5.56 Å². The van der Waals surface area contributed by atoms with Gasteiger partial charge in [0.05, 0.1) is 6.10 Å². The lowest BCUT2D eigenvalue weighted by Crippen LogP contribution is -2.33. The minimum absolute atomic E-state index is 0.105. The Hall–Kier alpha value is -0.870. The summed E-state index contributed by atoms with van der Waals surface area (Å²) in [5.41, 5.74) is 1.18. The molecule has 1 saturated carbocycles. The topological polar surface area (TPSA) is 49.3 Å². The Kier molecular flexibility index (Phi) is 6.05. The number of benzene rings is 1. The Labute approximate surface area is 128 Å². The fourth-order valence-electron chi connectivity index (χ4n) is 2.70. The van der Waals surface area contributed by atoms with Crippen LogP contribution in [0.25, 0.3) is 0 Å². The van der Waals surface area contributed by atoms with Crippen LogP contribution in [0.4, 0.5) is 0 Å². The van der Waals surface area contributed by atoms with Crippen molar-refractivity contribution in [3.63, 3.8) is 0 Å². The Balaban J connectivity index is 1.66. The van der Waals surface area contributed by atoms with Crippen molar-refractivity contribution >= 4 is 21.8 Å². The molecule has 1 amide bonds. The third-order valence-corrected chi connectivity index (χ3v) is 4.43. The largest absolute Gasteiger partial charge is 0.393 e. The summed E-state index contributed by atoms with van der Waals surface area (Å²) in [6, 6.07) is 8.07. The Bertz CT molecular complexity index is 433. The van der Waals surface area contributed by atoms with Crippen LogP contribution >= 0.6 is 15.9 Å². The molecule has 0 heterocycles. The van der Waals surface area contributed by atoms with Crippen molar-refractivity contribution in [2.24, 2.45) is 5.92 Å². The average molecular weight is 340 g/mol. The molecule has 0 aliphatic heterocycles. The first-order valence-corrected chi connectivity index (χ1v) is 8.12. The number of nitrogens with one attached hydrogen (secondary N) is 1. The van der Waals surface area contributed by atoms with Gasteiger partial charge in [-0.1, -0.05) is 34.5 Å². The molecule has 0 spiro atoms. The van der Waals surface area contributed by atoms with Gasteiger partial charge in [-0.05, 0) is 49.3 Å². The number of hydrogen-bond acceptors (Lipinski definition) is 2. The summed E-state index contributed by atoms with van der Waals surface area (Å²) in [7, 11) is 0. The molecule has 1 aliphatic carbocycles. The minimum atomic E-state index is -0.173. The number of aliphatic hydroxyl groups is 1. The van der Waals surface area contributed by atoms with E-state index in [1.807, 2.05) is 24.3 Å². The molecule has 110 valence electrons. The summed E-state index contributed by atoms with van der Waals surface area (Å²) < 4.78 is 1.06. The summed E-state index contributed by atoms with van der Waals surface area (Å²) >= 11 is 3.40. The molecule has 2 rings (SSSR count). The lowest BCUT2D eigenvalue weighted by molar-refractivity contribution is -0.121. The van der Waals surface area contributed by atoms with Gasteiger partial charge in [0, 0.05) is 17.4 Å². The first-order chi connectivity index (χ1) is 9.63. The Morgan fingerprint density at radius 3 is 2.75 bits per heavy atom. The summed E-state index contributed by atoms with van der Waals surface area (Å²) in [6.45, 7) is 0.705. The fraction of sp³-hybridized carbons (Fsp3) is 0.562. The zero-order valence-corrected chi connectivity index (χ0v) is 13.2. The van der Waals surface area contributed by atoms with Crippen LogP contribution in [-0.4, -0.2) is 23.7 Å². The summed E-state index contributed by atoms with van der Waals surface area (Å²) in [4.78, 5) is 11.8. The van der Waals surface area contributed by atoms with Crippen LogP contribution in [0, 0.1) is 5.92 Å². The quantitative estimate of drug-likeness (QED) is 0.866. The summed E-state index contributed by atoms with van der Waals surface area (Å²) in [5.74, 6) is 0.545. The molecule has 20 heavy (non-hydrogen) atoms. The normalized spacial score (nSPS) is 22.5. The number of carbonyl (C=O) groups excluding carboxylic acids is 1. The van der Waals surface area contributed by atoms with Gasteiger partial charge in [0.25, 0.3) is 0 Å². The molecular formula is C16H22BrNO2. The molecule has 0 saturated heterocycles. The van der Waals surface area contributed by atoms with Gasteiger partial charge in [-0.15, -0.1) is 0 Å². The van der Waals surface area contributed by atoms with Crippen LogP contribution < -0.4 is 5.32 Å². The van der Waals surface area contributed by atoms with E-state index < -0.39 is 0 Å². The van der Waals surface area contributed by atoms with Crippen molar-refractivity contribution in [3.8, 4) is 0 Å². The second-order valence-corrected chi connectivity index (χ2v) is 6.53. The lowest BCUT2D eigenvalue weighted by atomic mass is 9.87. The van der Waals surface area contributed by atoms with Gasteiger partial charge in [-0.25, -0.2) is 0 Å². The summed E-state index contributed by atoms with van der Waals surface area (Å²) in [6.07, 6.45) is 5.04. The van der Waals surface area contributed by atoms with Gasteiger partial charge < -0.3 is 10.4 Å². The van der Waals surface area contributed by atoms with Crippen LogP contribution in [-0.2, 0) is 11.2 Å². The number of aliphatic hydroxyl groups excluding tert-OH is 1. The number of aryl methyl sites for hydroxylation is 1. The highest BCUT2D eigenvalue weighted by atomic mass is 79.9. The van der Waals surface area contributed by atoms with Crippen molar-refractivity contribution in [3.05, 3.63) is 34.3 Å². The fourth-order valence-corrected chi connectivity index (χ4v) is 2.97. The van der Waals surface area contributed by atoms with Crippen LogP contribution in [0.1, 0.15) is 37.7 Å². The standard InChI is InChI=1S/C16H22BrNO2/c17-14-7-4-12(5-8-14)6-9-16(20)18-11-13-2-1-3-15(19)10-13/h4-5,7-8,13,15,19H,1-3,6,9-11H2,(H,18,20)/t13-,15+/m0/s1. The average Bonchev–Trinajstić information content (AvgIpc) is 2.45. The lowest BCUT2D eigenvalue weighted by Gasteiger charge is -2.25. The molecule has 0 aromatic heterocycles. The van der Waals surface area contributed by atoms with E-state index in [9.17, 15) is 9.90 Å². The van der Waals surface area contributed by atoms with E-state index in [2.05, 4.69) is 21.2 Å². The van der Waals surface area contributed by atoms with Crippen LogP contribution in [0.15, 0.2) is 28.7 Å². The minimum Gasteiger partial charge on any atom is -0.393 e. The second kappa shape index (κ2) is 7.79. The van der Waals surface area contributed by atoms with Gasteiger partial charge in [0.15, 0.2) is 0 Å². The highest BCUT2D eigenvalue weighted by molar-refractivity contribution is 9.10. The SMILES string of the molecule is O=C(CCc1ccc(Br)cc1)NC[C@H]1CCC[C@@H](O)C1. The van der Waals surface area contributed by atoms with E-state index >= 15 is 0 Å². The predicted molar refractivity (Wildman–Crippen MR) is 83.4 cm³/mol. The first kappa shape index (κ1) is 15.5. The van der Waals surface area contributed by atoms with E-state index in [0.717, 1.165) is 36.6 Å². The maximum Gasteiger partial charge on any atom is 0.220 e. The molecule has 1 aromatic carbocycles. The van der Waals surface area contributed by atoms with Gasteiger partial charge in [0.2, 0.25) is 5.91 Å².